The van der Waals surface area contributed by atoms with Crippen molar-refractivity contribution in [3.05, 3.63) is 61.3 Å². The van der Waals surface area contributed by atoms with Crippen molar-refractivity contribution in [3.63, 3.8) is 0 Å². The summed E-state index contributed by atoms with van der Waals surface area (Å²) in [6, 6.07) is 11.0. The van der Waals surface area contributed by atoms with E-state index in [0.717, 1.165) is 15.6 Å². The molecule has 4 rings (SSSR count). The van der Waals surface area contributed by atoms with Crippen LogP contribution in [0.25, 0.3) is 22.4 Å². The van der Waals surface area contributed by atoms with Gasteiger partial charge < -0.3 is 14.2 Å². The molecule has 0 aliphatic rings. The molecule has 0 radical (unpaired) electrons. The minimum absolute atomic E-state index is 0.230. The molecule has 0 spiro atoms. The SMILES string of the molecule is COc1ccc(Br)cc1/C=c1\sc2nc(-c3ccc(OC)c(OC)c3)nn2c1=O. The Hall–Kier alpha value is -2.91. The standard InChI is InChI=1S/C20H16BrN3O4S/c1-26-14-7-5-13(21)8-12(14)10-17-19(25)24-20(29-17)22-18(23-24)11-4-6-15(27-2)16(9-11)28-3/h4-10H,1-3H3/b17-10-. The Kier molecular flexibility index (Phi) is 5.25. The fourth-order valence-electron chi connectivity index (χ4n) is 2.89. The second-order valence-corrected chi connectivity index (χ2v) is 7.93. The zero-order chi connectivity index (χ0) is 20.5. The summed E-state index contributed by atoms with van der Waals surface area (Å²) < 4.78 is 18.7. The highest BCUT2D eigenvalue weighted by atomic mass is 79.9. The Morgan fingerprint density at radius 1 is 1.00 bits per heavy atom. The van der Waals surface area contributed by atoms with Crippen molar-refractivity contribution in [2.24, 2.45) is 0 Å². The highest BCUT2D eigenvalue weighted by Crippen LogP contribution is 2.31. The topological polar surface area (TPSA) is 74.9 Å². The first-order chi connectivity index (χ1) is 14.0. The molecule has 148 valence electrons. The van der Waals surface area contributed by atoms with Gasteiger partial charge in [-0.3, -0.25) is 4.79 Å². The van der Waals surface area contributed by atoms with Crippen molar-refractivity contribution in [2.75, 3.05) is 21.3 Å². The van der Waals surface area contributed by atoms with E-state index in [9.17, 15) is 4.79 Å². The van der Waals surface area contributed by atoms with Crippen LogP contribution in [0.4, 0.5) is 0 Å². The molecule has 0 bridgehead atoms. The number of methoxy groups -OCH3 is 3. The van der Waals surface area contributed by atoms with Gasteiger partial charge in [0.1, 0.15) is 5.75 Å². The molecule has 0 aliphatic carbocycles. The maximum Gasteiger partial charge on any atom is 0.291 e. The van der Waals surface area contributed by atoms with Crippen molar-refractivity contribution in [3.8, 4) is 28.6 Å². The molecule has 4 aromatic rings. The van der Waals surface area contributed by atoms with Crippen LogP contribution in [0.3, 0.4) is 0 Å². The van der Waals surface area contributed by atoms with Crippen molar-refractivity contribution < 1.29 is 14.2 Å². The Morgan fingerprint density at radius 2 is 1.72 bits per heavy atom. The molecule has 2 heterocycles. The number of ether oxygens (including phenoxy) is 3. The fraction of sp³-hybridized carbons (Fsp3) is 0.150. The molecule has 0 aliphatic heterocycles. The van der Waals surface area contributed by atoms with Crippen LogP contribution in [0.2, 0.25) is 0 Å². The van der Waals surface area contributed by atoms with E-state index in [1.54, 1.807) is 39.5 Å². The number of hydrogen-bond acceptors (Lipinski definition) is 7. The summed E-state index contributed by atoms with van der Waals surface area (Å²) in [6.07, 6.45) is 1.78. The van der Waals surface area contributed by atoms with E-state index in [1.807, 2.05) is 24.3 Å². The molecule has 2 aromatic heterocycles. The van der Waals surface area contributed by atoms with Gasteiger partial charge in [0, 0.05) is 15.6 Å². The summed E-state index contributed by atoms with van der Waals surface area (Å²) in [4.78, 5) is 17.9. The van der Waals surface area contributed by atoms with E-state index in [1.165, 1.54) is 15.9 Å². The third-order valence-electron chi connectivity index (χ3n) is 4.30. The molecule has 7 nitrogen and oxygen atoms in total. The molecule has 0 amide bonds. The average molecular weight is 474 g/mol. The van der Waals surface area contributed by atoms with E-state index >= 15 is 0 Å². The van der Waals surface area contributed by atoms with Crippen molar-refractivity contribution in [1.82, 2.24) is 14.6 Å². The Morgan fingerprint density at radius 3 is 2.41 bits per heavy atom. The molecular weight excluding hydrogens is 458 g/mol. The average Bonchev–Trinajstić information content (AvgIpc) is 3.27. The van der Waals surface area contributed by atoms with Gasteiger partial charge in [-0.15, -0.1) is 5.10 Å². The summed E-state index contributed by atoms with van der Waals surface area (Å²) in [5.41, 5.74) is 1.30. The lowest BCUT2D eigenvalue weighted by molar-refractivity contribution is 0.355. The van der Waals surface area contributed by atoms with Crippen LogP contribution in [0, 0.1) is 0 Å². The van der Waals surface area contributed by atoms with Crippen LogP contribution in [0.15, 0.2) is 45.7 Å². The van der Waals surface area contributed by atoms with Crippen LogP contribution in [-0.4, -0.2) is 35.9 Å². The zero-order valence-electron chi connectivity index (χ0n) is 15.8. The van der Waals surface area contributed by atoms with Crippen molar-refractivity contribution >= 4 is 38.3 Å². The molecule has 9 heteroatoms. The van der Waals surface area contributed by atoms with Crippen LogP contribution in [0.1, 0.15) is 5.56 Å². The summed E-state index contributed by atoms with van der Waals surface area (Å²) in [5.74, 6) is 2.31. The highest BCUT2D eigenvalue weighted by molar-refractivity contribution is 9.10. The Bertz CT molecular complexity index is 1320. The monoisotopic (exact) mass is 473 g/mol. The van der Waals surface area contributed by atoms with Crippen LogP contribution in [0.5, 0.6) is 17.2 Å². The minimum Gasteiger partial charge on any atom is -0.496 e. The molecule has 29 heavy (non-hydrogen) atoms. The van der Waals surface area contributed by atoms with Gasteiger partial charge in [0.25, 0.3) is 5.56 Å². The molecular formula is C20H16BrN3O4S. The first-order valence-corrected chi connectivity index (χ1v) is 10.1. The van der Waals surface area contributed by atoms with Gasteiger partial charge in [0.15, 0.2) is 17.3 Å². The van der Waals surface area contributed by atoms with Gasteiger partial charge >= 0.3 is 0 Å². The number of halogens is 1. The zero-order valence-corrected chi connectivity index (χ0v) is 18.2. The number of benzene rings is 2. The molecule has 0 fully saturated rings. The number of hydrogen-bond donors (Lipinski definition) is 0. The van der Waals surface area contributed by atoms with Gasteiger partial charge in [0.05, 0.1) is 25.9 Å². The molecule has 0 N–H and O–H groups in total. The second-order valence-electron chi connectivity index (χ2n) is 6.00. The lowest BCUT2D eigenvalue weighted by Crippen LogP contribution is -2.23. The van der Waals surface area contributed by atoms with Crippen LogP contribution < -0.4 is 24.3 Å². The number of rotatable bonds is 5. The highest BCUT2D eigenvalue weighted by Gasteiger charge is 2.14. The van der Waals surface area contributed by atoms with Crippen molar-refractivity contribution in [2.45, 2.75) is 0 Å². The second kappa shape index (κ2) is 7.84. The molecule has 0 saturated heterocycles. The summed E-state index contributed by atoms with van der Waals surface area (Å²) >= 11 is 4.71. The maximum atomic E-state index is 12.8. The number of aromatic nitrogens is 3. The van der Waals surface area contributed by atoms with E-state index in [0.29, 0.717) is 32.6 Å². The first-order valence-electron chi connectivity index (χ1n) is 8.51. The summed E-state index contributed by atoms with van der Waals surface area (Å²) in [6.45, 7) is 0. The Balaban J connectivity index is 1.80. The predicted molar refractivity (Wildman–Crippen MR) is 115 cm³/mol. The lowest BCUT2D eigenvalue weighted by Gasteiger charge is -2.07. The van der Waals surface area contributed by atoms with Gasteiger partial charge in [-0.2, -0.15) is 9.50 Å². The number of nitrogens with zero attached hydrogens (tertiary/aromatic N) is 3. The fourth-order valence-corrected chi connectivity index (χ4v) is 4.17. The van der Waals surface area contributed by atoms with Gasteiger partial charge in [-0.1, -0.05) is 27.3 Å². The normalized spacial score (nSPS) is 11.8. The third-order valence-corrected chi connectivity index (χ3v) is 5.75. The smallest absolute Gasteiger partial charge is 0.291 e. The summed E-state index contributed by atoms with van der Waals surface area (Å²) in [7, 11) is 4.73. The lowest BCUT2D eigenvalue weighted by atomic mass is 10.2. The van der Waals surface area contributed by atoms with Crippen LogP contribution in [-0.2, 0) is 0 Å². The quantitative estimate of drug-likeness (QED) is 0.443. The molecule has 0 saturated carbocycles. The Labute approximate surface area is 178 Å². The van der Waals surface area contributed by atoms with E-state index in [-0.39, 0.29) is 5.56 Å². The minimum atomic E-state index is -0.230. The van der Waals surface area contributed by atoms with Crippen LogP contribution >= 0.6 is 27.3 Å². The van der Waals surface area contributed by atoms with E-state index in [2.05, 4.69) is 26.0 Å². The van der Waals surface area contributed by atoms with E-state index < -0.39 is 0 Å². The number of thiazole rings is 1. The third kappa shape index (κ3) is 3.58. The first kappa shape index (κ1) is 19.4. The van der Waals surface area contributed by atoms with Crippen molar-refractivity contribution in [1.29, 1.82) is 0 Å². The van der Waals surface area contributed by atoms with Gasteiger partial charge in [-0.05, 0) is 42.5 Å². The predicted octanol–water partition coefficient (Wildman–Crippen LogP) is 3.15. The van der Waals surface area contributed by atoms with E-state index in [4.69, 9.17) is 14.2 Å². The molecule has 2 aromatic carbocycles. The maximum absolute atomic E-state index is 12.8. The largest absolute Gasteiger partial charge is 0.496 e. The van der Waals surface area contributed by atoms with Gasteiger partial charge in [-0.25, -0.2) is 0 Å². The summed E-state index contributed by atoms with van der Waals surface area (Å²) in [5, 5.41) is 4.38. The van der Waals surface area contributed by atoms with Gasteiger partial charge in [0.2, 0.25) is 4.96 Å². The number of fused-ring (bicyclic) bond motifs is 1. The molecule has 0 unspecified atom stereocenters. The molecule has 0 atom stereocenters.